The lowest BCUT2D eigenvalue weighted by Gasteiger charge is -2.15. The lowest BCUT2D eigenvalue weighted by molar-refractivity contribution is 0.0682. The molecule has 2 heterocycles. The maximum Gasteiger partial charge on any atom is 0.295 e. The van der Waals surface area contributed by atoms with Crippen LogP contribution in [0.25, 0.3) is 11.0 Å². The van der Waals surface area contributed by atoms with Gasteiger partial charge in [-0.1, -0.05) is 11.6 Å². The second kappa shape index (κ2) is 8.34. The Morgan fingerprint density at radius 2 is 2.21 bits per heavy atom. The Balaban J connectivity index is 1.52. The van der Waals surface area contributed by atoms with E-state index in [0.717, 1.165) is 19.4 Å². The van der Waals surface area contributed by atoms with Gasteiger partial charge in [0, 0.05) is 17.2 Å². The number of aromatic amines is 1. The normalized spacial score (nSPS) is 16.5. The summed E-state index contributed by atoms with van der Waals surface area (Å²) in [7, 11) is 0. The van der Waals surface area contributed by atoms with Crippen LogP contribution in [0.5, 0.6) is 5.75 Å². The van der Waals surface area contributed by atoms with E-state index in [4.69, 9.17) is 21.1 Å². The van der Waals surface area contributed by atoms with Crippen LogP contribution in [-0.2, 0) is 4.74 Å². The third-order valence-corrected chi connectivity index (χ3v) is 4.84. The molecule has 1 saturated heterocycles. The van der Waals surface area contributed by atoms with Crippen molar-refractivity contribution in [1.29, 1.82) is 0 Å². The lowest BCUT2D eigenvalue weighted by Crippen LogP contribution is -2.18. The molecule has 2 aromatic carbocycles. The van der Waals surface area contributed by atoms with E-state index >= 15 is 0 Å². The summed E-state index contributed by atoms with van der Waals surface area (Å²) >= 11 is 6.07. The average Bonchev–Trinajstić information content (AvgIpc) is 3.36. The monoisotopic (exact) mass is 421 g/mol. The Bertz CT molecular complexity index is 1030. The molecule has 9 heteroatoms. The summed E-state index contributed by atoms with van der Waals surface area (Å²) in [6.45, 7) is 1.10. The van der Waals surface area contributed by atoms with Crippen LogP contribution in [0.4, 0.5) is 14.5 Å². The number of amides is 1. The quantitative estimate of drug-likeness (QED) is 0.589. The Hall–Kier alpha value is -2.71. The van der Waals surface area contributed by atoms with Gasteiger partial charge in [-0.15, -0.1) is 0 Å². The molecule has 152 valence electrons. The van der Waals surface area contributed by atoms with E-state index in [-0.39, 0.29) is 11.7 Å². The number of nitrogens with zero attached hydrogens (tertiary/aromatic N) is 1. The van der Waals surface area contributed by atoms with Crippen LogP contribution in [0, 0.1) is 0 Å². The molecule has 1 amide bonds. The van der Waals surface area contributed by atoms with Crippen LogP contribution in [0.3, 0.4) is 0 Å². The van der Waals surface area contributed by atoms with Crippen molar-refractivity contribution in [1.82, 2.24) is 9.97 Å². The van der Waals surface area contributed by atoms with Gasteiger partial charge in [0.2, 0.25) is 0 Å². The molecule has 0 bridgehead atoms. The van der Waals surface area contributed by atoms with E-state index in [1.165, 1.54) is 18.2 Å². The second-order valence-electron chi connectivity index (χ2n) is 6.70. The Labute approximate surface area is 170 Å². The second-order valence-corrected chi connectivity index (χ2v) is 7.13. The summed E-state index contributed by atoms with van der Waals surface area (Å²) in [5.41, 5.74) is 1.42. The molecular weight excluding hydrogens is 404 g/mol. The van der Waals surface area contributed by atoms with E-state index in [9.17, 15) is 13.6 Å². The van der Waals surface area contributed by atoms with Crippen molar-refractivity contribution in [3.05, 3.63) is 52.8 Å². The molecule has 6 nitrogen and oxygen atoms in total. The predicted molar refractivity (Wildman–Crippen MR) is 105 cm³/mol. The van der Waals surface area contributed by atoms with E-state index < -0.39 is 18.2 Å². The van der Waals surface area contributed by atoms with Crippen LogP contribution in [0.1, 0.15) is 35.4 Å². The number of H-pyrrole nitrogens is 1. The molecule has 1 atom stereocenters. The molecule has 1 fully saturated rings. The Morgan fingerprint density at radius 3 is 2.97 bits per heavy atom. The minimum atomic E-state index is -2.71. The number of alkyl halides is 2. The number of hydrogen-bond acceptors (Lipinski definition) is 4. The first-order valence-electron chi connectivity index (χ1n) is 9.13. The molecule has 0 aliphatic carbocycles. The van der Waals surface area contributed by atoms with Crippen LogP contribution < -0.4 is 10.1 Å². The maximum absolute atomic E-state index is 12.8. The Morgan fingerprint density at radius 1 is 1.34 bits per heavy atom. The molecule has 2 N–H and O–H groups in total. The minimum Gasteiger partial charge on any atom is -0.489 e. The smallest absolute Gasteiger partial charge is 0.295 e. The Kier molecular flexibility index (Phi) is 5.64. The van der Waals surface area contributed by atoms with Gasteiger partial charge < -0.3 is 19.8 Å². The number of hydrogen-bond donors (Lipinski definition) is 2. The summed E-state index contributed by atoms with van der Waals surface area (Å²) in [5.74, 6) is -0.387. The minimum absolute atomic E-state index is 0.0287. The van der Waals surface area contributed by atoms with Crippen molar-refractivity contribution in [2.75, 3.05) is 18.5 Å². The third kappa shape index (κ3) is 4.49. The fourth-order valence-corrected chi connectivity index (χ4v) is 3.32. The van der Waals surface area contributed by atoms with Crippen molar-refractivity contribution in [3.63, 3.8) is 0 Å². The van der Waals surface area contributed by atoms with Crippen molar-refractivity contribution in [2.24, 2.45) is 0 Å². The summed E-state index contributed by atoms with van der Waals surface area (Å²) < 4.78 is 37.0. The summed E-state index contributed by atoms with van der Waals surface area (Å²) in [5, 5.41) is 3.21. The van der Waals surface area contributed by atoms with Gasteiger partial charge in [0.05, 0.1) is 22.8 Å². The number of rotatable bonds is 6. The van der Waals surface area contributed by atoms with Gasteiger partial charge in [0.25, 0.3) is 12.3 Å². The average molecular weight is 422 g/mol. The zero-order valence-corrected chi connectivity index (χ0v) is 16.0. The molecule has 1 aliphatic heterocycles. The molecule has 1 aliphatic rings. The first-order valence-corrected chi connectivity index (χ1v) is 9.50. The number of benzene rings is 2. The fourth-order valence-electron chi connectivity index (χ4n) is 3.15. The van der Waals surface area contributed by atoms with Crippen molar-refractivity contribution in [2.45, 2.75) is 25.4 Å². The number of carbonyl (C=O) groups excluding carboxylic acids is 1. The molecule has 1 unspecified atom stereocenters. The first kappa shape index (κ1) is 19.6. The standard InChI is InChI=1S/C20H18ClF2N3O3/c21-12-4-6-17(29-10-13-2-1-7-28-13)16(9-12)26-20(27)11-3-5-14-15(8-11)25-19(24-14)18(22)23/h3-6,8-9,13,18H,1-2,7,10H2,(H,24,25)(H,26,27). The van der Waals surface area contributed by atoms with Crippen LogP contribution in [0.2, 0.25) is 5.02 Å². The molecule has 29 heavy (non-hydrogen) atoms. The van der Waals surface area contributed by atoms with Crippen LogP contribution in [-0.4, -0.2) is 35.2 Å². The molecule has 3 aromatic rings. The van der Waals surface area contributed by atoms with Gasteiger partial charge in [-0.3, -0.25) is 4.79 Å². The highest BCUT2D eigenvalue weighted by molar-refractivity contribution is 6.31. The number of carbonyl (C=O) groups is 1. The lowest BCUT2D eigenvalue weighted by atomic mass is 10.2. The highest BCUT2D eigenvalue weighted by atomic mass is 35.5. The highest BCUT2D eigenvalue weighted by Gasteiger charge is 2.18. The van der Waals surface area contributed by atoms with Gasteiger partial charge in [-0.05, 0) is 49.2 Å². The fraction of sp³-hybridized carbons (Fsp3) is 0.300. The van der Waals surface area contributed by atoms with E-state index in [2.05, 4.69) is 15.3 Å². The highest BCUT2D eigenvalue weighted by Crippen LogP contribution is 2.30. The molecule has 0 saturated carbocycles. The predicted octanol–water partition coefficient (Wildman–Crippen LogP) is 4.96. The maximum atomic E-state index is 12.8. The zero-order valence-electron chi connectivity index (χ0n) is 15.3. The topological polar surface area (TPSA) is 76.2 Å². The van der Waals surface area contributed by atoms with Gasteiger partial charge in [0.1, 0.15) is 12.4 Å². The third-order valence-electron chi connectivity index (χ3n) is 4.61. The number of ether oxygens (including phenoxy) is 2. The largest absolute Gasteiger partial charge is 0.489 e. The number of aromatic nitrogens is 2. The van der Waals surface area contributed by atoms with Crippen molar-refractivity contribution < 1.29 is 23.0 Å². The van der Waals surface area contributed by atoms with Crippen molar-refractivity contribution in [3.8, 4) is 5.75 Å². The zero-order chi connectivity index (χ0) is 20.4. The van der Waals surface area contributed by atoms with E-state index in [1.54, 1.807) is 18.2 Å². The summed E-state index contributed by atoms with van der Waals surface area (Å²) in [6.07, 6.45) is -0.752. The van der Waals surface area contributed by atoms with E-state index in [0.29, 0.717) is 34.1 Å². The number of anilines is 1. The molecular formula is C20H18ClF2N3O3. The van der Waals surface area contributed by atoms with Crippen molar-refractivity contribution >= 4 is 34.2 Å². The number of halogens is 3. The van der Waals surface area contributed by atoms with Gasteiger partial charge in [-0.2, -0.15) is 0 Å². The van der Waals surface area contributed by atoms with Crippen LogP contribution >= 0.6 is 11.6 Å². The number of imidazole rings is 1. The van der Waals surface area contributed by atoms with Gasteiger partial charge in [0.15, 0.2) is 5.82 Å². The SMILES string of the molecule is O=C(Nc1cc(Cl)ccc1OCC1CCCO1)c1ccc2nc(C(F)F)[nH]c2c1. The van der Waals surface area contributed by atoms with Gasteiger partial charge >= 0.3 is 0 Å². The molecule has 1 aromatic heterocycles. The van der Waals surface area contributed by atoms with E-state index in [1.807, 2.05) is 0 Å². The first-order chi connectivity index (χ1) is 14.0. The molecule has 0 radical (unpaired) electrons. The number of nitrogens with one attached hydrogen (secondary N) is 2. The number of fused-ring (bicyclic) bond motifs is 1. The molecule has 0 spiro atoms. The van der Waals surface area contributed by atoms with Gasteiger partial charge in [-0.25, -0.2) is 13.8 Å². The van der Waals surface area contributed by atoms with Crippen LogP contribution in [0.15, 0.2) is 36.4 Å². The molecule has 4 rings (SSSR count). The summed E-state index contributed by atoms with van der Waals surface area (Å²) in [6, 6.07) is 9.45. The summed E-state index contributed by atoms with van der Waals surface area (Å²) in [4.78, 5) is 19.0.